The van der Waals surface area contributed by atoms with Crippen LogP contribution in [0.25, 0.3) is 0 Å². The summed E-state index contributed by atoms with van der Waals surface area (Å²) in [5.74, 6) is 1.11. The fourth-order valence-electron chi connectivity index (χ4n) is 2.28. The summed E-state index contributed by atoms with van der Waals surface area (Å²) in [6.45, 7) is 0.591. The third-order valence-electron chi connectivity index (χ3n) is 3.49. The number of methoxy groups -OCH3 is 2. The summed E-state index contributed by atoms with van der Waals surface area (Å²) in [6.07, 6.45) is 1.23. The first kappa shape index (κ1) is 14.4. The zero-order valence-corrected chi connectivity index (χ0v) is 11.5. The molecule has 0 bridgehead atoms. The number of aliphatic hydroxyl groups excluding tert-OH is 1. The van der Waals surface area contributed by atoms with E-state index >= 15 is 0 Å². The van der Waals surface area contributed by atoms with E-state index in [4.69, 9.17) is 9.47 Å². The molecule has 0 atom stereocenters. The van der Waals surface area contributed by atoms with Crippen molar-refractivity contribution in [3.63, 3.8) is 0 Å². The number of hydrogen-bond donors (Lipinski definition) is 2. The number of nitro benzene ring substituents is 1. The number of nitrogens with zero attached hydrogens (tertiary/aromatic N) is 1. The highest BCUT2D eigenvalue weighted by molar-refractivity contribution is 5.68. The Morgan fingerprint density at radius 2 is 1.95 bits per heavy atom. The SMILES string of the molecule is COc1cc(NCC2CC(O)C2)c([N+](=O)[O-])cc1OC. The lowest BCUT2D eigenvalue weighted by Crippen LogP contribution is -2.33. The average Bonchev–Trinajstić information content (AvgIpc) is 2.41. The molecule has 0 aromatic heterocycles. The second-order valence-corrected chi connectivity index (χ2v) is 4.85. The summed E-state index contributed by atoms with van der Waals surface area (Å²) in [5.41, 5.74) is 0.344. The van der Waals surface area contributed by atoms with Gasteiger partial charge in [-0.15, -0.1) is 0 Å². The van der Waals surface area contributed by atoms with E-state index in [-0.39, 0.29) is 11.8 Å². The molecule has 1 aromatic carbocycles. The Morgan fingerprint density at radius 3 is 2.45 bits per heavy atom. The molecule has 110 valence electrons. The standard InChI is InChI=1S/C13H18N2O5/c1-19-12-5-10(14-7-8-3-9(16)4-8)11(15(17)18)6-13(12)20-2/h5-6,8-9,14,16H,3-4,7H2,1-2H3. The summed E-state index contributed by atoms with van der Waals surface area (Å²) in [5, 5.41) is 23.4. The monoisotopic (exact) mass is 282 g/mol. The second-order valence-electron chi connectivity index (χ2n) is 4.85. The van der Waals surface area contributed by atoms with Gasteiger partial charge in [-0.3, -0.25) is 10.1 Å². The third kappa shape index (κ3) is 2.93. The Morgan fingerprint density at radius 1 is 1.35 bits per heavy atom. The number of hydrogen-bond acceptors (Lipinski definition) is 6. The Hall–Kier alpha value is -2.02. The van der Waals surface area contributed by atoms with Crippen LogP contribution >= 0.6 is 0 Å². The molecule has 0 heterocycles. The van der Waals surface area contributed by atoms with Gasteiger partial charge < -0.3 is 19.9 Å². The summed E-state index contributed by atoms with van der Waals surface area (Å²) in [6, 6.07) is 2.91. The van der Waals surface area contributed by atoms with E-state index in [0.717, 1.165) is 12.8 Å². The fourth-order valence-corrected chi connectivity index (χ4v) is 2.28. The van der Waals surface area contributed by atoms with Gasteiger partial charge >= 0.3 is 0 Å². The van der Waals surface area contributed by atoms with Gasteiger partial charge in [0, 0.05) is 12.6 Å². The molecule has 2 N–H and O–H groups in total. The zero-order chi connectivity index (χ0) is 14.7. The van der Waals surface area contributed by atoms with Gasteiger partial charge in [0.05, 0.1) is 31.3 Å². The largest absolute Gasteiger partial charge is 0.493 e. The molecular weight excluding hydrogens is 264 g/mol. The Balaban J connectivity index is 2.18. The number of benzene rings is 1. The minimum Gasteiger partial charge on any atom is -0.493 e. The molecule has 0 unspecified atom stereocenters. The second kappa shape index (κ2) is 5.96. The molecule has 1 aliphatic carbocycles. The molecule has 1 aromatic rings. The summed E-state index contributed by atoms with van der Waals surface area (Å²) >= 11 is 0. The lowest BCUT2D eigenvalue weighted by atomic mass is 9.82. The Labute approximate surface area is 116 Å². The molecule has 1 fully saturated rings. The van der Waals surface area contributed by atoms with Gasteiger partial charge in [-0.1, -0.05) is 0 Å². The van der Waals surface area contributed by atoms with Crippen molar-refractivity contribution in [3.8, 4) is 11.5 Å². The maximum atomic E-state index is 11.1. The van der Waals surface area contributed by atoms with Crippen LogP contribution in [0.5, 0.6) is 11.5 Å². The van der Waals surface area contributed by atoms with Crippen LogP contribution in [0.15, 0.2) is 12.1 Å². The molecule has 7 heteroatoms. The van der Waals surface area contributed by atoms with Crippen molar-refractivity contribution in [2.75, 3.05) is 26.1 Å². The van der Waals surface area contributed by atoms with Gasteiger partial charge in [0.25, 0.3) is 5.69 Å². The quantitative estimate of drug-likeness (QED) is 0.610. The number of nitrogens with one attached hydrogen (secondary N) is 1. The lowest BCUT2D eigenvalue weighted by molar-refractivity contribution is -0.384. The molecule has 1 aliphatic rings. The fraction of sp³-hybridized carbons (Fsp3) is 0.538. The molecule has 0 spiro atoms. The van der Waals surface area contributed by atoms with Crippen LogP contribution < -0.4 is 14.8 Å². The van der Waals surface area contributed by atoms with Gasteiger partial charge in [0.2, 0.25) is 0 Å². The minimum absolute atomic E-state index is 0.0532. The van der Waals surface area contributed by atoms with E-state index in [9.17, 15) is 15.2 Å². The van der Waals surface area contributed by atoms with Crippen LogP contribution in [0.3, 0.4) is 0 Å². The number of aliphatic hydroxyl groups is 1. The van der Waals surface area contributed by atoms with Crippen LogP contribution in [0.2, 0.25) is 0 Å². The first-order valence-corrected chi connectivity index (χ1v) is 6.37. The van der Waals surface area contributed by atoms with Crippen molar-refractivity contribution in [2.45, 2.75) is 18.9 Å². The van der Waals surface area contributed by atoms with Crippen molar-refractivity contribution in [1.29, 1.82) is 0 Å². The molecule has 1 saturated carbocycles. The average molecular weight is 282 g/mol. The highest BCUT2D eigenvalue weighted by Crippen LogP contribution is 2.38. The van der Waals surface area contributed by atoms with Crippen molar-refractivity contribution >= 4 is 11.4 Å². The molecule has 0 saturated heterocycles. The van der Waals surface area contributed by atoms with Crippen LogP contribution in [-0.2, 0) is 0 Å². The molecule has 0 radical (unpaired) electrons. The smallest absolute Gasteiger partial charge is 0.296 e. The summed E-state index contributed by atoms with van der Waals surface area (Å²) in [7, 11) is 2.92. The highest BCUT2D eigenvalue weighted by Gasteiger charge is 2.28. The van der Waals surface area contributed by atoms with E-state index in [1.165, 1.54) is 20.3 Å². The van der Waals surface area contributed by atoms with Crippen molar-refractivity contribution in [3.05, 3.63) is 22.2 Å². The van der Waals surface area contributed by atoms with Gasteiger partial charge in [-0.25, -0.2) is 0 Å². The molecule has 20 heavy (non-hydrogen) atoms. The molecular formula is C13H18N2O5. The van der Waals surface area contributed by atoms with Crippen molar-refractivity contribution < 1.29 is 19.5 Å². The minimum atomic E-state index is -0.458. The van der Waals surface area contributed by atoms with Crippen molar-refractivity contribution in [1.82, 2.24) is 0 Å². The van der Waals surface area contributed by atoms with Gasteiger partial charge in [-0.2, -0.15) is 0 Å². The number of nitro groups is 1. The highest BCUT2D eigenvalue weighted by atomic mass is 16.6. The van der Waals surface area contributed by atoms with Crippen LogP contribution in [0.4, 0.5) is 11.4 Å². The van der Waals surface area contributed by atoms with E-state index in [0.29, 0.717) is 29.6 Å². The van der Waals surface area contributed by atoms with Crippen molar-refractivity contribution in [2.24, 2.45) is 5.92 Å². The van der Waals surface area contributed by atoms with Crippen LogP contribution in [-0.4, -0.2) is 36.9 Å². The van der Waals surface area contributed by atoms with E-state index < -0.39 is 4.92 Å². The van der Waals surface area contributed by atoms with Gasteiger partial charge in [0.15, 0.2) is 11.5 Å². The Kier molecular flexibility index (Phi) is 4.29. The zero-order valence-electron chi connectivity index (χ0n) is 11.5. The van der Waals surface area contributed by atoms with Gasteiger partial charge in [-0.05, 0) is 18.8 Å². The normalized spacial score (nSPS) is 20.9. The molecule has 7 nitrogen and oxygen atoms in total. The van der Waals surface area contributed by atoms with Crippen LogP contribution in [0, 0.1) is 16.0 Å². The number of anilines is 1. The van der Waals surface area contributed by atoms with E-state index in [1.54, 1.807) is 6.07 Å². The number of ether oxygens (including phenoxy) is 2. The molecule has 0 amide bonds. The predicted octanol–water partition coefficient (Wildman–Crippen LogP) is 1.79. The summed E-state index contributed by atoms with van der Waals surface area (Å²) < 4.78 is 10.2. The summed E-state index contributed by atoms with van der Waals surface area (Å²) in [4.78, 5) is 10.6. The van der Waals surface area contributed by atoms with Crippen LogP contribution in [0.1, 0.15) is 12.8 Å². The predicted molar refractivity (Wildman–Crippen MR) is 73.4 cm³/mol. The maximum absolute atomic E-state index is 11.1. The van der Waals surface area contributed by atoms with Gasteiger partial charge in [0.1, 0.15) is 5.69 Å². The van der Waals surface area contributed by atoms with E-state index in [2.05, 4.69) is 5.32 Å². The maximum Gasteiger partial charge on any atom is 0.296 e. The topological polar surface area (TPSA) is 93.9 Å². The third-order valence-corrected chi connectivity index (χ3v) is 3.49. The first-order valence-electron chi connectivity index (χ1n) is 6.37. The first-order chi connectivity index (χ1) is 9.55. The Bertz CT molecular complexity index is 500. The number of rotatable bonds is 6. The molecule has 0 aliphatic heterocycles. The lowest BCUT2D eigenvalue weighted by Gasteiger charge is -2.31. The molecule has 2 rings (SSSR count). The van der Waals surface area contributed by atoms with E-state index in [1.807, 2.05) is 0 Å².